The smallest absolute Gasteiger partial charge is 0.270 e. The molecule has 0 unspecified atom stereocenters. The third-order valence-electron chi connectivity index (χ3n) is 4.36. The molecule has 0 aliphatic rings. The molecule has 29 heavy (non-hydrogen) atoms. The van der Waals surface area contributed by atoms with Crippen molar-refractivity contribution < 1.29 is 14.6 Å². The van der Waals surface area contributed by atoms with E-state index >= 15 is 0 Å². The maximum Gasteiger partial charge on any atom is 0.270 e. The lowest BCUT2D eigenvalue weighted by molar-refractivity contribution is -0.577. The van der Waals surface area contributed by atoms with Crippen molar-refractivity contribution in [2.24, 2.45) is 0 Å². The zero-order valence-corrected chi connectivity index (χ0v) is 16.8. The van der Waals surface area contributed by atoms with E-state index in [1.165, 1.54) is 18.2 Å². The first-order valence-corrected chi connectivity index (χ1v) is 9.29. The SMILES string of the molecule is Cc1ccc(C)c(NC(=S)C(=C([O-])c2cccc([N+](=O)[O-])c2)[n+]2ccccc2)c1. The lowest BCUT2D eigenvalue weighted by atomic mass is 10.1. The summed E-state index contributed by atoms with van der Waals surface area (Å²) in [4.78, 5) is 10.8. The van der Waals surface area contributed by atoms with Crippen molar-refractivity contribution in [3.63, 3.8) is 0 Å². The highest BCUT2D eigenvalue weighted by atomic mass is 32.1. The first kappa shape index (κ1) is 20.2. The van der Waals surface area contributed by atoms with Gasteiger partial charge in [0.15, 0.2) is 17.4 Å². The molecule has 0 radical (unpaired) electrons. The Balaban J connectivity index is 2.11. The Kier molecular flexibility index (Phi) is 5.99. The minimum absolute atomic E-state index is 0.151. The molecule has 0 fully saturated rings. The van der Waals surface area contributed by atoms with E-state index in [1.54, 1.807) is 35.2 Å². The van der Waals surface area contributed by atoms with E-state index in [-0.39, 0.29) is 21.9 Å². The number of aromatic nitrogens is 1. The summed E-state index contributed by atoms with van der Waals surface area (Å²) in [7, 11) is 0. The number of benzene rings is 2. The Hall–Kier alpha value is -3.58. The number of anilines is 1. The summed E-state index contributed by atoms with van der Waals surface area (Å²) in [6.45, 7) is 3.92. The van der Waals surface area contributed by atoms with Gasteiger partial charge in [0.05, 0.1) is 4.92 Å². The van der Waals surface area contributed by atoms with Gasteiger partial charge in [-0.3, -0.25) is 10.1 Å². The van der Waals surface area contributed by atoms with E-state index in [9.17, 15) is 15.2 Å². The summed E-state index contributed by atoms with van der Waals surface area (Å²) in [5.74, 6) is -0.410. The predicted octanol–water partition coefficient (Wildman–Crippen LogP) is 3.62. The minimum Gasteiger partial charge on any atom is -0.867 e. The van der Waals surface area contributed by atoms with Crippen LogP contribution in [0.4, 0.5) is 11.4 Å². The number of nitrogens with one attached hydrogen (secondary N) is 1. The average Bonchev–Trinajstić information content (AvgIpc) is 2.71. The molecule has 3 rings (SSSR count). The summed E-state index contributed by atoms with van der Waals surface area (Å²) < 4.78 is 1.61. The van der Waals surface area contributed by atoms with Gasteiger partial charge < -0.3 is 10.4 Å². The van der Waals surface area contributed by atoms with Crippen LogP contribution in [0.5, 0.6) is 0 Å². The third kappa shape index (κ3) is 4.64. The molecule has 0 aliphatic heterocycles. The third-order valence-corrected chi connectivity index (χ3v) is 4.66. The molecule has 0 saturated carbocycles. The molecule has 0 atom stereocenters. The Bertz CT molecular complexity index is 1110. The molecular formula is C22H19N3O3S. The molecule has 0 aliphatic carbocycles. The van der Waals surface area contributed by atoms with Crippen molar-refractivity contribution in [1.82, 2.24) is 0 Å². The second-order valence-corrected chi connectivity index (χ2v) is 6.95. The van der Waals surface area contributed by atoms with Crippen LogP contribution in [0.15, 0.2) is 73.1 Å². The minimum atomic E-state index is -0.529. The number of pyridine rings is 1. The van der Waals surface area contributed by atoms with Crippen molar-refractivity contribution in [3.8, 4) is 0 Å². The van der Waals surface area contributed by atoms with Crippen LogP contribution in [0.25, 0.3) is 11.5 Å². The zero-order chi connectivity index (χ0) is 21.0. The fourth-order valence-electron chi connectivity index (χ4n) is 2.83. The number of nitro groups is 1. The van der Waals surface area contributed by atoms with Crippen LogP contribution in [0.2, 0.25) is 0 Å². The molecule has 1 heterocycles. The van der Waals surface area contributed by atoms with Gasteiger partial charge in [0.2, 0.25) is 5.70 Å². The summed E-state index contributed by atoms with van der Waals surface area (Å²) in [5, 5.41) is 27.6. The lowest BCUT2D eigenvalue weighted by Gasteiger charge is -2.17. The first-order valence-electron chi connectivity index (χ1n) is 8.88. The second-order valence-electron chi connectivity index (χ2n) is 6.54. The van der Waals surface area contributed by atoms with Crippen LogP contribution < -0.4 is 15.0 Å². The number of non-ortho nitro benzene ring substituents is 1. The fraction of sp³-hybridized carbons (Fsp3) is 0.0909. The first-order chi connectivity index (χ1) is 13.9. The number of nitrogens with zero attached hydrogens (tertiary/aromatic N) is 2. The fourth-order valence-corrected chi connectivity index (χ4v) is 3.14. The van der Waals surface area contributed by atoms with Gasteiger partial charge in [-0.15, -0.1) is 0 Å². The molecule has 3 aromatic rings. The molecule has 1 N–H and O–H groups in total. The number of aryl methyl sites for hydroxylation is 2. The van der Waals surface area contributed by atoms with E-state index in [0.29, 0.717) is 0 Å². The molecule has 6 nitrogen and oxygen atoms in total. The van der Waals surface area contributed by atoms with Crippen LogP contribution in [0, 0.1) is 24.0 Å². The molecule has 0 saturated heterocycles. The van der Waals surface area contributed by atoms with Gasteiger partial charge in [0.25, 0.3) is 5.69 Å². The van der Waals surface area contributed by atoms with Gasteiger partial charge in [-0.05, 0) is 42.4 Å². The van der Waals surface area contributed by atoms with Gasteiger partial charge in [-0.1, -0.05) is 42.5 Å². The quantitative estimate of drug-likeness (QED) is 0.175. The molecule has 1 aromatic heterocycles. The normalized spacial score (nSPS) is 11.5. The summed E-state index contributed by atoms with van der Waals surface area (Å²) >= 11 is 5.58. The lowest BCUT2D eigenvalue weighted by Crippen LogP contribution is -2.39. The molecule has 0 bridgehead atoms. The Morgan fingerprint density at radius 1 is 1.03 bits per heavy atom. The highest BCUT2D eigenvalue weighted by Gasteiger charge is 2.20. The van der Waals surface area contributed by atoms with E-state index in [0.717, 1.165) is 16.8 Å². The van der Waals surface area contributed by atoms with Crippen molar-refractivity contribution >= 4 is 40.0 Å². The Morgan fingerprint density at radius 2 is 1.76 bits per heavy atom. The van der Waals surface area contributed by atoms with Crippen LogP contribution in [0.1, 0.15) is 16.7 Å². The zero-order valence-electron chi connectivity index (χ0n) is 16.0. The van der Waals surface area contributed by atoms with Gasteiger partial charge in [0, 0.05) is 30.0 Å². The Labute approximate surface area is 173 Å². The van der Waals surface area contributed by atoms with Crippen molar-refractivity contribution in [3.05, 3.63) is 99.9 Å². The standard InChI is InChI=1S/C22H19N3O3S/c1-15-9-10-16(2)19(13-15)23-22(29)20(24-11-4-3-5-12-24)21(26)17-7-6-8-18(14-17)25(27)28/h3-14H,1-2H3,(H-,23,26,29). The highest BCUT2D eigenvalue weighted by Crippen LogP contribution is 2.22. The summed E-state index contributed by atoms with van der Waals surface area (Å²) in [6, 6.07) is 16.9. The largest absolute Gasteiger partial charge is 0.867 e. The van der Waals surface area contributed by atoms with Crippen LogP contribution >= 0.6 is 12.2 Å². The van der Waals surface area contributed by atoms with Crippen LogP contribution in [0.3, 0.4) is 0 Å². The number of hydrogen-bond acceptors (Lipinski definition) is 4. The van der Waals surface area contributed by atoms with E-state index in [1.807, 2.05) is 38.1 Å². The van der Waals surface area contributed by atoms with Gasteiger partial charge in [0.1, 0.15) is 0 Å². The predicted molar refractivity (Wildman–Crippen MR) is 115 cm³/mol. The number of hydrogen-bond donors (Lipinski definition) is 1. The van der Waals surface area contributed by atoms with Crippen LogP contribution in [-0.4, -0.2) is 9.91 Å². The molecule has 7 heteroatoms. The maximum absolute atomic E-state index is 13.3. The van der Waals surface area contributed by atoms with E-state index in [4.69, 9.17) is 12.2 Å². The van der Waals surface area contributed by atoms with Gasteiger partial charge >= 0.3 is 0 Å². The van der Waals surface area contributed by atoms with Crippen molar-refractivity contribution in [1.29, 1.82) is 0 Å². The van der Waals surface area contributed by atoms with Crippen LogP contribution in [-0.2, 0) is 0 Å². The molecule has 2 aromatic carbocycles. The molecular weight excluding hydrogens is 386 g/mol. The summed E-state index contributed by atoms with van der Waals surface area (Å²) in [6.07, 6.45) is 3.42. The average molecular weight is 405 g/mol. The van der Waals surface area contributed by atoms with E-state index in [2.05, 4.69) is 5.32 Å². The van der Waals surface area contributed by atoms with Crippen molar-refractivity contribution in [2.45, 2.75) is 13.8 Å². The number of thiocarbonyl (C=S) groups is 1. The molecule has 0 spiro atoms. The molecule has 146 valence electrons. The highest BCUT2D eigenvalue weighted by molar-refractivity contribution is 7.81. The Morgan fingerprint density at radius 3 is 2.45 bits per heavy atom. The van der Waals surface area contributed by atoms with Gasteiger partial charge in [-0.2, -0.15) is 4.57 Å². The summed E-state index contributed by atoms with van der Waals surface area (Å²) in [5.41, 5.74) is 3.09. The molecule has 0 amide bonds. The number of nitro benzene ring substituents is 1. The van der Waals surface area contributed by atoms with Crippen molar-refractivity contribution in [2.75, 3.05) is 5.32 Å². The maximum atomic E-state index is 13.3. The topological polar surface area (TPSA) is 82.1 Å². The number of rotatable bonds is 5. The second kappa shape index (κ2) is 8.62. The van der Waals surface area contributed by atoms with Gasteiger partial charge in [-0.25, -0.2) is 0 Å². The van der Waals surface area contributed by atoms with E-state index < -0.39 is 10.7 Å². The monoisotopic (exact) mass is 405 g/mol.